The van der Waals surface area contributed by atoms with Gasteiger partial charge in [0.1, 0.15) is 18.1 Å². The Kier molecular flexibility index (Phi) is 3.85. The fourth-order valence-corrected chi connectivity index (χ4v) is 3.26. The predicted octanol–water partition coefficient (Wildman–Crippen LogP) is 2.10. The van der Waals surface area contributed by atoms with Crippen molar-refractivity contribution in [2.75, 3.05) is 39.3 Å². The molecule has 1 N–H and O–H groups in total. The lowest BCUT2D eigenvalue weighted by Crippen LogP contribution is -2.48. The zero-order chi connectivity index (χ0) is 14.1. The van der Waals surface area contributed by atoms with Crippen molar-refractivity contribution in [2.45, 2.75) is 19.9 Å². The number of fused-ring (bicyclic) bond motifs is 1. The zero-order valence-corrected chi connectivity index (χ0v) is 12.4. The first-order valence-corrected chi connectivity index (χ1v) is 7.55. The van der Waals surface area contributed by atoms with Crippen LogP contribution >= 0.6 is 0 Å². The second-order valence-electron chi connectivity index (χ2n) is 6.28. The maximum absolute atomic E-state index is 9.51. The Morgan fingerprint density at radius 2 is 2.00 bits per heavy atom. The highest BCUT2D eigenvalue weighted by atomic mass is 16.5. The Morgan fingerprint density at radius 1 is 1.25 bits per heavy atom. The highest BCUT2D eigenvalue weighted by molar-refractivity contribution is 5.44. The molecule has 1 atom stereocenters. The van der Waals surface area contributed by atoms with E-state index in [4.69, 9.17) is 4.74 Å². The number of hydrogen-bond acceptors (Lipinski definition) is 4. The van der Waals surface area contributed by atoms with Crippen LogP contribution in [-0.2, 0) is 0 Å². The van der Waals surface area contributed by atoms with E-state index in [1.165, 1.54) is 12.1 Å². The maximum atomic E-state index is 9.51. The van der Waals surface area contributed by atoms with Gasteiger partial charge in [0.2, 0.25) is 0 Å². The second kappa shape index (κ2) is 5.62. The van der Waals surface area contributed by atoms with Crippen molar-refractivity contribution < 1.29 is 9.84 Å². The van der Waals surface area contributed by atoms with Crippen LogP contribution in [0.1, 0.15) is 25.5 Å². The average molecular weight is 276 g/mol. The first kappa shape index (κ1) is 13.7. The number of piperazine rings is 1. The lowest BCUT2D eigenvalue weighted by atomic mass is 10.1. The highest BCUT2D eigenvalue weighted by Crippen LogP contribution is 2.38. The summed E-state index contributed by atoms with van der Waals surface area (Å²) in [7, 11) is 0. The van der Waals surface area contributed by atoms with E-state index < -0.39 is 0 Å². The molecule has 2 aliphatic heterocycles. The molecule has 0 saturated carbocycles. The summed E-state index contributed by atoms with van der Waals surface area (Å²) < 4.78 is 5.72. The molecule has 1 fully saturated rings. The van der Waals surface area contributed by atoms with Crippen LogP contribution < -0.4 is 4.74 Å². The fourth-order valence-electron chi connectivity index (χ4n) is 3.26. The molecule has 0 aromatic heterocycles. The number of phenolic OH excluding ortho intramolecular Hbond substituents is 1. The predicted molar refractivity (Wildman–Crippen MR) is 79.2 cm³/mol. The van der Waals surface area contributed by atoms with Gasteiger partial charge < -0.3 is 14.7 Å². The molecule has 0 aliphatic carbocycles. The van der Waals surface area contributed by atoms with Crippen molar-refractivity contribution in [3.05, 3.63) is 23.8 Å². The highest BCUT2D eigenvalue weighted by Gasteiger charge is 2.31. The van der Waals surface area contributed by atoms with E-state index in [-0.39, 0.29) is 5.75 Å². The average Bonchev–Trinajstić information content (AvgIpc) is 2.82. The normalized spacial score (nSPS) is 23.9. The molecule has 1 aromatic rings. The first-order chi connectivity index (χ1) is 9.63. The topological polar surface area (TPSA) is 35.9 Å². The van der Waals surface area contributed by atoms with Gasteiger partial charge in [-0.25, -0.2) is 0 Å². The molecule has 4 nitrogen and oxygen atoms in total. The second-order valence-corrected chi connectivity index (χ2v) is 6.28. The zero-order valence-electron chi connectivity index (χ0n) is 12.4. The Labute approximate surface area is 120 Å². The number of phenols is 1. The Bertz CT molecular complexity index is 468. The third-order valence-corrected chi connectivity index (χ3v) is 4.22. The van der Waals surface area contributed by atoms with Crippen molar-refractivity contribution >= 4 is 0 Å². The van der Waals surface area contributed by atoms with Crippen LogP contribution in [0.3, 0.4) is 0 Å². The Hall–Kier alpha value is -1.26. The van der Waals surface area contributed by atoms with Crippen LogP contribution in [-0.4, -0.2) is 54.2 Å². The van der Waals surface area contributed by atoms with Gasteiger partial charge in [0.05, 0.1) is 6.04 Å². The summed E-state index contributed by atoms with van der Waals surface area (Å²) in [4.78, 5) is 5.06. The molecule has 1 saturated heterocycles. The van der Waals surface area contributed by atoms with Crippen molar-refractivity contribution in [3.8, 4) is 11.5 Å². The van der Waals surface area contributed by atoms with Crippen molar-refractivity contribution in [2.24, 2.45) is 5.92 Å². The van der Waals surface area contributed by atoms with Crippen LogP contribution in [0.15, 0.2) is 18.2 Å². The van der Waals surface area contributed by atoms with E-state index in [0.717, 1.165) is 37.8 Å². The van der Waals surface area contributed by atoms with Crippen molar-refractivity contribution in [1.82, 2.24) is 9.80 Å². The summed E-state index contributed by atoms with van der Waals surface area (Å²) in [5.74, 6) is 1.87. The molecule has 1 aromatic carbocycles. The van der Waals surface area contributed by atoms with E-state index in [1.54, 1.807) is 12.1 Å². The van der Waals surface area contributed by atoms with E-state index in [0.29, 0.717) is 12.6 Å². The van der Waals surface area contributed by atoms with Gasteiger partial charge in [0.15, 0.2) is 0 Å². The number of rotatable bonds is 3. The van der Waals surface area contributed by atoms with Crippen molar-refractivity contribution in [3.63, 3.8) is 0 Å². The first-order valence-electron chi connectivity index (χ1n) is 7.55. The van der Waals surface area contributed by atoms with Gasteiger partial charge in [-0.15, -0.1) is 0 Å². The van der Waals surface area contributed by atoms with Gasteiger partial charge >= 0.3 is 0 Å². The monoisotopic (exact) mass is 276 g/mol. The molecule has 0 radical (unpaired) electrons. The molecular formula is C16H24N2O2. The van der Waals surface area contributed by atoms with E-state index >= 15 is 0 Å². The summed E-state index contributed by atoms with van der Waals surface area (Å²) in [6, 6.07) is 5.84. The van der Waals surface area contributed by atoms with Gasteiger partial charge in [-0.3, -0.25) is 4.90 Å². The SMILES string of the molecule is CC(C)CN1CCN(C2COc3cc(O)ccc32)CC1. The fraction of sp³-hybridized carbons (Fsp3) is 0.625. The molecule has 1 unspecified atom stereocenters. The minimum atomic E-state index is 0.283. The lowest BCUT2D eigenvalue weighted by Gasteiger charge is -2.38. The molecule has 2 heterocycles. The Balaban J connectivity index is 1.63. The summed E-state index contributed by atoms with van der Waals surface area (Å²) in [5.41, 5.74) is 1.22. The van der Waals surface area contributed by atoms with Crippen LogP contribution in [0, 0.1) is 5.92 Å². The number of ether oxygens (including phenoxy) is 1. The van der Waals surface area contributed by atoms with Crippen LogP contribution in [0.2, 0.25) is 0 Å². The van der Waals surface area contributed by atoms with Gasteiger partial charge in [0.25, 0.3) is 0 Å². The van der Waals surface area contributed by atoms with E-state index in [2.05, 4.69) is 23.6 Å². The van der Waals surface area contributed by atoms with Crippen LogP contribution in [0.4, 0.5) is 0 Å². The molecule has 3 rings (SSSR count). The number of benzene rings is 1. The largest absolute Gasteiger partial charge is 0.508 e. The molecule has 20 heavy (non-hydrogen) atoms. The summed E-state index contributed by atoms with van der Waals surface area (Å²) in [6.45, 7) is 10.9. The quantitative estimate of drug-likeness (QED) is 0.917. The molecule has 0 bridgehead atoms. The van der Waals surface area contributed by atoms with E-state index in [9.17, 15) is 5.11 Å². The summed E-state index contributed by atoms with van der Waals surface area (Å²) >= 11 is 0. The molecule has 0 amide bonds. The lowest BCUT2D eigenvalue weighted by molar-refractivity contribution is 0.0789. The van der Waals surface area contributed by atoms with Crippen LogP contribution in [0.5, 0.6) is 11.5 Å². The van der Waals surface area contributed by atoms with Gasteiger partial charge in [-0.05, 0) is 18.1 Å². The third kappa shape index (κ3) is 2.76. The number of aromatic hydroxyl groups is 1. The molecule has 110 valence electrons. The smallest absolute Gasteiger partial charge is 0.127 e. The molecule has 0 spiro atoms. The van der Waals surface area contributed by atoms with Gasteiger partial charge in [-0.2, -0.15) is 0 Å². The standard InChI is InChI=1S/C16H24N2O2/c1-12(2)10-17-5-7-18(8-6-17)15-11-20-16-9-13(19)3-4-14(15)16/h3-4,9,12,15,19H,5-8,10-11H2,1-2H3. The third-order valence-electron chi connectivity index (χ3n) is 4.22. The Morgan fingerprint density at radius 3 is 2.70 bits per heavy atom. The molecular weight excluding hydrogens is 252 g/mol. The summed E-state index contributed by atoms with van der Waals surface area (Å²) in [6.07, 6.45) is 0. The maximum Gasteiger partial charge on any atom is 0.127 e. The van der Waals surface area contributed by atoms with Crippen molar-refractivity contribution in [1.29, 1.82) is 0 Å². The minimum absolute atomic E-state index is 0.283. The molecule has 4 heteroatoms. The number of nitrogens with zero attached hydrogens (tertiary/aromatic N) is 2. The minimum Gasteiger partial charge on any atom is -0.508 e. The van der Waals surface area contributed by atoms with E-state index in [1.807, 2.05) is 6.07 Å². The van der Waals surface area contributed by atoms with Gasteiger partial charge in [0, 0.05) is 44.4 Å². The van der Waals surface area contributed by atoms with Gasteiger partial charge in [-0.1, -0.05) is 13.8 Å². The van der Waals surface area contributed by atoms with Crippen LogP contribution in [0.25, 0.3) is 0 Å². The summed E-state index contributed by atoms with van der Waals surface area (Å²) in [5, 5.41) is 9.51. The molecule has 2 aliphatic rings. The number of hydrogen-bond donors (Lipinski definition) is 1.